The fraction of sp³-hybridized carbons (Fsp3) is 0.667. The molecule has 2 aliphatic rings. The molecule has 2 fully saturated rings. The smallest absolute Gasteiger partial charge is 0.220 e. The van der Waals surface area contributed by atoms with E-state index in [1.807, 2.05) is 12.1 Å². The molecule has 1 aromatic carbocycles. The monoisotopic (exact) mass is 362 g/mol. The van der Waals surface area contributed by atoms with Crippen LogP contribution in [0.3, 0.4) is 0 Å². The normalized spacial score (nSPS) is 24.0. The van der Waals surface area contributed by atoms with Crippen molar-refractivity contribution in [2.24, 2.45) is 11.8 Å². The van der Waals surface area contributed by atoms with Gasteiger partial charge in [0.2, 0.25) is 5.91 Å². The number of rotatable bonds is 6. The molecule has 1 amide bonds. The molecule has 0 aromatic heterocycles. The second-order valence-electron chi connectivity index (χ2n) is 7.96. The predicted octanol–water partition coefficient (Wildman–Crippen LogP) is 3.02. The van der Waals surface area contributed by atoms with Crippen molar-refractivity contribution in [2.75, 3.05) is 32.8 Å². The minimum Gasteiger partial charge on any atom is -0.381 e. The van der Waals surface area contributed by atoms with Crippen LogP contribution in [-0.4, -0.2) is 38.8 Å². The van der Waals surface area contributed by atoms with Gasteiger partial charge in [-0.2, -0.15) is 0 Å². The van der Waals surface area contributed by atoms with Gasteiger partial charge >= 0.3 is 0 Å². The number of amides is 1. The lowest BCUT2D eigenvalue weighted by molar-refractivity contribution is -0.122. The Morgan fingerprint density at radius 2 is 2.08 bits per heavy atom. The summed E-state index contributed by atoms with van der Waals surface area (Å²) in [5.41, 5.74) is 0.934. The van der Waals surface area contributed by atoms with Gasteiger partial charge in [-0.1, -0.05) is 19.1 Å². The summed E-state index contributed by atoms with van der Waals surface area (Å²) in [5.74, 6) is 0.869. The lowest BCUT2D eigenvalue weighted by Crippen LogP contribution is -2.45. The minimum atomic E-state index is -0.227. The molecule has 0 radical (unpaired) electrons. The van der Waals surface area contributed by atoms with E-state index in [0.717, 1.165) is 31.5 Å². The SMILES string of the molecule is CC(CC(=O)NCC1(c2ccc(F)cc2)CCOCC1)C1CCCNC1. The molecule has 2 saturated heterocycles. The summed E-state index contributed by atoms with van der Waals surface area (Å²) in [5, 5.41) is 6.60. The zero-order valence-electron chi connectivity index (χ0n) is 15.7. The Morgan fingerprint density at radius 3 is 2.73 bits per heavy atom. The molecule has 0 bridgehead atoms. The number of nitrogens with one attached hydrogen (secondary N) is 2. The van der Waals surface area contributed by atoms with Gasteiger partial charge in [0.25, 0.3) is 0 Å². The average molecular weight is 362 g/mol. The summed E-state index contributed by atoms with van der Waals surface area (Å²) in [6.07, 6.45) is 4.67. The Labute approximate surface area is 155 Å². The average Bonchev–Trinajstić information content (AvgIpc) is 2.68. The van der Waals surface area contributed by atoms with Crippen LogP contribution >= 0.6 is 0 Å². The van der Waals surface area contributed by atoms with Crippen LogP contribution in [0.4, 0.5) is 4.39 Å². The van der Waals surface area contributed by atoms with Gasteiger partial charge in [0.15, 0.2) is 0 Å². The fourth-order valence-corrected chi connectivity index (χ4v) is 4.30. The first kappa shape index (κ1) is 19.3. The lowest BCUT2D eigenvalue weighted by Gasteiger charge is -2.38. The molecule has 4 nitrogen and oxygen atoms in total. The molecule has 0 saturated carbocycles. The molecule has 2 N–H and O–H groups in total. The van der Waals surface area contributed by atoms with E-state index in [4.69, 9.17) is 4.74 Å². The molecule has 5 heteroatoms. The summed E-state index contributed by atoms with van der Waals surface area (Å²) >= 11 is 0. The van der Waals surface area contributed by atoms with Crippen molar-refractivity contribution in [3.63, 3.8) is 0 Å². The number of ether oxygens (including phenoxy) is 1. The molecule has 0 spiro atoms. The zero-order valence-corrected chi connectivity index (χ0v) is 15.7. The molecule has 2 atom stereocenters. The zero-order chi connectivity index (χ0) is 18.4. The number of hydrogen-bond donors (Lipinski definition) is 2. The van der Waals surface area contributed by atoms with E-state index in [2.05, 4.69) is 17.6 Å². The third-order valence-electron chi connectivity index (χ3n) is 6.18. The number of carbonyl (C=O) groups is 1. The molecule has 3 rings (SSSR count). The standard InChI is InChI=1S/C21H31FN2O2/c1-16(17-3-2-10-23-14-17)13-20(25)24-15-21(8-11-26-12-9-21)18-4-6-19(22)7-5-18/h4-7,16-17,23H,2-3,8-15H2,1H3,(H,24,25). The number of carbonyl (C=O) groups excluding carboxylic acids is 1. The van der Waals surface area contributed by atoms with Gasteiger partial charge in [0.1, 0.15) is 5.82 Å². The predicted molar refractivity (Wildman–Crippen MR) is 101 cm³/mol. The molecule has 144 valence electrons. The van der Waals surface area contributed by atoms with Gasteiger partial charge in [-0.15, -0.1) is 0 Å². The van der Waals surface area contributed by atoms with Gasteiger partial charge in [-0.3, -0.25) is 4.79 Å². The number of halogens is 1. The van der Waals surface area contributed by atoms with Crippen molar-refractivity contribution in [1.29, 1.82) is 0 Å². The van der Waals surface area contributed by atoms with E-state index < -0.39 is 0 Å². The largest absolute Gasteiger partial charge is 0.381 e. The fourth-order valence-electron chi connectivity index (χ4n) is 4.30. The quantitative estimate of drug-likeness (QED) is 0.818. The molecular formula is C21H31FN2O2. The number of piperidine rings is 1. The number of hydrogen-bond acceptors (Lipinski definition) is 3. The summed E-state index contributed by atoms with van der Waals surface area (Å²) < 4.78 is 18.8. The van der Waals surface area contributed by atoms with Gasteiger partial charge < -0.3 is 15.4 Å². The molecule has 2 unspecified atom stereocenters. The first-order valence-electron chi connectivity index (χ1n) is 9.90. The van der Waals surface area contributed by atoms with Crippen molar-refractivity contribution in [3.8, 4) is 0 Å². The summed E-state index contributed by atoms with van der Waals surface area (Å²) in [6, 6.07) is 6.71. The molecule has 1 aromatic rings. The van der Waals surface area contributed by atoms with E-state index in [1.165, 1.54) is 25.0 Å². The highest BCUT2D eigenvalue weighted by Gasteiger charge is 2.35. The van der Waals surface area contributed by atoms with Crippen molar-refractivity contribution < 1.29 is 13.9 Å². The molecule has 2 heterocycles. The maximum Gasteiger partial charge on any atom is 0.220 e. The Kier molecular flexibility index (Phi) is 6.65. The van der Waals surface area contributed by atoms with E-state index in [1.54, 1.807) is 0 Å². The molecule has 2 aliphatic heterocycles. The van der Waals surface area contributed by atoms with Gasteiger partial charge in [-0.25, -0.2) is 4.39 Å². The van der Waals surface area contributed by atoms with Crippen LogP contribution in [0.5, 0.6) is 0 Å². The van der Waals surface area contributed by atoms with Gasteiger partial charge in [-0.05, 0) is 68.3 Å². The van der Waals surface area contributed by atoms with Crippen molar-refractivity contribution >= 4 is 5.91 Å². The number of benzene rings is 1. The maximum absolute atomic E-state index is 13.3. The van der Waals surface area contributed by atoms with Gasteiger partial charge in [0, 0.05) is 31.6 Å². The van der Waals surface area contributed by atoms with E-state index >= 15 is 0 Å². The highest BCUT2D eigenvalue weighted by molar-refractivity contribution is 5.76. The van der Waals surface area contributed by atoms with Crippen LogP contribution in [0.1, 0.15) is 44.6 Å². The molecule has 26 heavy (non-hydrogen) atoms. The lowest BCUT2D eigenvalue weighted by atomic mass is 9.74. The summed E-state index contributed by atoms with van der Waals surface area (Å²) in [7, 11) is 0. The minimum absolute atomic E-state index is 0.121. The van der Waals surface area contributed by atoms with E-state index in [0.29, 0.717) is 38.0 Å². The van der Waals surface area contributed by atoms with Crippen LogP contribution in [0.2, 0.25) is 0 Å². The Balaban J connectivity index is 1.58. The summed E-state index contributed by atoms with van der Waals surface area (Å²) in [6.45, 7) is 6.25. The Morgan fingerprint density at radius 1 is 1.35 bits per heavy atom. The van der Waals surface area contributed by atoms with Crippen molar-refractivity contribution in [2.45, 2.75) is 44.4 Å². The van der Waals surface area contributed by atoms with Gasteiger partial charge in [0.05, 0.1) is 0 Å². The Hall–Kier alpha value is -1.46. The van der Waals surface area contributed by atoms with Crippen molar-refractivity contribution in [3.05, 3.63) is 35.6 Å². The van der Waals surface area contributed by atoms with Crippen molar-refractivity contribution in [1.82, 2.24) is 10.6 Å². The third-order valence-corrected chi connectivity index (χ3v) is 6.18. The second kappa shape index (κ2) is 8.96. The third kappa shape index (κ3) is 4.83. The van der Waals surface area contributed by atoms with Crippen LogP contribution < -0.4 is 10.6 Å². The van der Waals surface area contributed by atoms with Crippen LogP contribution in [0.25, 0.3) is 0 Å². The van der Waals surface area contributed by atoms with Crippen LogP contribution in [0.15, 0.2) is 24.3 Å². The maximum atomic E-state index is 13.3. The van der Waals surface area contributed by atoms with Crippen LogP contribution in [-0.2, 0) is 14.9 Å². The highest BCUT2D eigenvalue weighted by Crippen LogP contribution is 2.34. The second-order valence-corrected chi connectivity index (χ2v) is 7.96. The topological polar surface area (TPSA) is 50.4 Å². The van der Waals surface area contributed by atoms with Crippen LogP contribution in [0, 0.1) is 17.7 Å². The van der Waals surface area contributed by atoms with E-state index in [-0.39, 0.29) is 17.1 Å². The Bertz CT molecular complexity index is 578. The highest BCUT2D eigenvalue weighted by atomic mass is 19.1. The molecule has 0 aliphatic carbocycles. The summed E-state index contributed by atoms with van der Waals surface area (Å²) in [4.78, 5) is 12.5. The molecular weight excluding hydrogens is 331 g/mol. The first-order valence-corrected chi connectivity index (χ1v) is 9.90. The first-order chi connectivity index (χ1) is 12.6. The van der Waals surface area contributed by atoms with E-state index in [9.17, 15) is 9.18 Å².